The van der Waals surface area contributed by atoms with Crippen molar-refractivity contribution in [2.75, 3.05) is 13.6 Å². The number of urea groups is 1. The quantitative estimate of drug-likeness (QED) is 0.690. The summed E-state index contributed by atoms with van der Waals surface area (Å²) in [6.45, 7) is 3.96. The molecule has 1 saturated carbocycles. The van der Waals surface area contributed by atoms with E-state index in [0.717, 1.165) is 25.7 Å². The van der Waals surface area contributed by atoms with Crippen molar-refractivity contribution >= 4 is 11.9 Å². The lowest BCUT2D eigenvalue weighted by Crippen LogP contribution is -2.45. The summed E-state index contributed by atoms with van der Waals surface area (Å²) in [5.41, 5.74) is 0. The summed E-state index contributed by atoms with van der Waals surface area (Å²) in [5.74, 6) is -0.387. The fraction of sp³-hybridized carbons (Fsp3) is 0.846. The van der Waals surface area contributed by atoms with Gasteiger partial charge in [0.1, 0.15) is 6.10 Å². The summed E-state index contributed by atoms with van der Waals surface area (Å²) >= 11 is 0. The molecule has 110 valence electrons. The smallest absolute Gasteiger partial charge is 0.321 e. The highest BCUT2D eigenvalue weighted by Crippen LogP contribution is 2.22. The van der Waals surface area contributed by atoms with Gasteiger partial charge in [-0.05, 0) is 46.6 Å². The van der Waals surface area contributed by atoms with Gasteiger partial charge >= 0.3 is 6.03 Å². The molecule has 0 heterocycles. The molecule has 1 aliphatic rings. The Morgan fingerprint density at radius 1 is 1.26 bits per heavy atom. The third-order valence-corrected chi connectivity index (χ3v) is 3.42. The molecule has 0 saturated heterocycles. The van der Waals surface area contributed by atoms with E-state index in [2.05, 4.69) is 16.0 Å². The van der Waals surface area contributed by atoms with Crippen LogP contribution < -0.4 is 16.0 Å². The zero-order chi connectivity index (χ0) is 14.3. The van der Waals surface area contributed by atoms with Crippen LogP contribution in [0, 0.1) is 0 Å². The van der Waals surface area contributed by atoms with Crippen LogP contribution in [0.4, 0.5) is 4.79 Å². The maximum atomic E-state index is 11.7. The van der Waals surface area contributed by atoms with E-state index in [1.54, 1.807) is 13.8 Å². The van der Waals surface area contributed by atoms with Crippen molar-refractivity contribution < 1.29 is 14.3 Å². The second-order valence-electron chi connectivity index (χ2n) is 4.89. The van der Waals surface area contributed by atoms with Crippen molar-refractivity contribution in [2.24, 2.45) is 0 Å². The lowest BCUT2D eigenvalue weighted by atomic mass is 9.93. The number of hydrogen-bond donors (Lipinski definition) is 3. The summed E-state index contributed by atoms with van der Waals surface area (Å²) in [7, 11) is 1.97. The van der Waals surface area contributed by atoms with Gasteiger partial charge in [0, 0.05) is 12.6 Å². The second-order valence-corrected chi connectivity index (χ2v) is 4.89. The maximum absolute atomic E-state index is 11.7. The predicted molar refractivity (Wildman–Crippen MR) is 72.9 cm³/mol. The predicted octanol–water partition coefficient (Wildman–Crippen LogP) is 0.768. The largest absolute Gasteiger partial charge is 0.365 e. The Balaban J connectivity index is 2.28. The molecule has 0 aromatic carbocycles. The Morgan fingerprint density at radius 3 is 2.42 bits per heavy atom. The van der Waals surface area contributed by atoms with Crippen molar-refractivity contribution in [3.8, 4) is 0 Å². The Bertz CT molecular complexity index is 302. The molecule has 1 atom stereocenters. The van der Waals surface area contributed by atoms with Gasteiger partial charge in [-0.3, -0.25) is 10.1 Å². The Kier molecular flexibility index (Phi) is 6.80. The first-order chi connectivity index (χ1) is 9.06. The number of carbonyl (C=O) groups excluding carboxylic acids is 2. The highest BCUT2D eigenvalue weighted by molar-refractivity contribution is 5.96. The van der Waals surface area contributed by atoms with Gasteiger partial charge in [-0.15, -0.1) is 0 Å². The maximum Gasteiger partial charge on any atom is 0.321 e. The van der Waals surface area contributed by atoms with Crippen LogP contribution in [0.2, 0.25) is 0 Å². The van der Waals surface area contributed by atoms with Gasteiger partial charge in [-0.2, -0.15) is 0 Å². The van der Waals surface area contributed by atoms with Crippen molar-refractivity contribution in [1.29, 1.82) is 0 Å². The molecule has 1 unspecified atom stereocenters. The van der Waals surface area contributed by atoms with E-state index in [9.17, 15) is 9.59 Å². The van der Waals surface area contributed by atoms with E-state index in [-0.39, 0.29) is 12.0 Å². The Morgan fingerprint density at radius 2 is 1.89 bits per heavy atom. The molecule has 1 rings (SSSR count). The van der Waals surface area contributed by atoms with Crippen LogP contribution in [0.1, 0.15) is 39.5 Å². The molecule has 6 nitrogen and oxygen atoms in total. The molecule has 1 aliphatic carbocycles. The van der Waals surface area contributed by atoms with Gasteiger partial charge in [0.05, 0.1) is 6.10 Å². The van der Waals surface area contributed by atoms with E-state index in [4.69, 9.17) is 4.74 Å². The number of hydrogen-bond acceptors (Lipinski definition) is 4. The standard InChI is InChI=1S/C13H25N3O3/c1-4-15-13(18)16-12(17)9(2)19-11-7-5-10(14-3)6-8-11/h9-11,14H,4-8H2,1-3H3,(H2,15,16,17,18). The second kappa shape index (κ2) is 8.12. The van der Waals surface area contributed by atoms with Gasteiger partial charge in [0.25, 0.3) is 5.91 Å². The molecule has 3 N–H and O–H groups in total. The van der Waals surface area contributed by atoms with E-state index < -0.39 is 12.1 Å². The van der Waals surface area contributed by atoms with E-state index in [0.29, 0.717) is 12.6 Å². The summed E-state index contributed by atoms with van der Waals surface area (Å²) in [4.78, 5) is 22.9. The van der Waals surface area contributed by atoms with Gasteiger partial charge in [-0.1, -0.05) is 0 Å². The van der Waals surface area contributed by atoms with E-state index in [1.165, 1.54) is 0 Å². The number of carbonyl (C=O) groups is 2. The molecule has 0 bridgehead atoms. The van der Waals surface area contributed by atoms with Crippen LogP contribution in [0.5, 0.6) is 0 Å². The number of nitrogens with one attached hydrogen (secondary N) is 3. The number of amides is 3. The number of ether oxygens (including phenoxy) is 1. The summed E-state index contributed by atoms with van der Waals surface area (Å²) in [5, 5.41) is 8.03. The summed E-state index contributed by atoms with van der Waals surface area (Å²) < 4.78 is 5.71. The van der Waals surface area contributed by atoms with Crippen LogP contribution in [0.3, 0.4) is 0 Å². The first-order valence-electron chi connectivity index (χ1n) is 6.98. The fourth-order valence-corrected chi connectivity index (χ4v) is 2.26. The normalized spacial score (nSPS) is 24.6. The molecule has 0 radical (unpaired) electrons. The van der Waals surface area contributed by atoms with Crippen molar-refractivity contribution in [3.05, 3.63) is 0 Å². The number of rotatable bonds is 5. The van der Waals surface area contributed by atoms with E-state index >= 15 is 0 Å². The minimum absolute atomic E-state index is 0.111. The first kappa shape index (κ1) is 15.9. The highest BCUT2D eigenvalue weighted by Gasteiger charge is 2.25. The Labute approximate surface area is 114 Å². The molecular formula is C13H25N3O3. The van der Waals surface area contributed by atoms with Gasteiger partial charge in [0.2, 0.25) is 0 Å². The fourth-order valence-electron chi connectivity index (χ4n) is 2.26. The van der Waals surface area contributed by atoms with Crippen LogP contribution in [0.15, 0.2) is 0 Å². The molecule has 19 heavy (non-hydrogen) atoms. The summed E-state index contributed by atoms with van der Waals surface area (Å²) in [6.07, 6.45) is 3.53. The average Bonchev–Trinajstić information content (AvgIpc) is 2.39. The molecule has 0 spiro atoms. The van der Waals surface area contributed by atoms with Gasteiger partial charge in [0.15, 0.2) is 0 Å². The third-order valence-electron chi connectivity index (χ3n) is 3.42. The summed E-state index contributed by atoms with van der Waals surface area (Å²) in [6, 6.07) is 0.0844. The van der Waals surface area contributed by atoms with Crippen LogP contribution in [-0.2, 0) is 9.53 Å². The highest BCUT2D eigenvalue weighted by atomic mass is 16.5. The van der Waals surface area contributed by atoms with Crippen LogP contribution in [-0.4, -0.2) is 43.8 Å². The minimum Gasteiger partial charge on any atom is -0.365 e. The molecular weight excluding hydrogens is 246 g/mol. The molecule has 0 aromatic heterocycles. The lowest BCUT2D eigenvalue weighted by Gasteiger charge is -2.29. The van der Waals surface area contributed by atoms with Crippen LogP contribution >= 0.6 is 0 Å². The van der Waals surface area contributed by atoms with Gasteiger partial charge in [-0.25, -0.2) is 4.79 Å². The molecule has 0 aliphatic heterocycles. The number of imide groups is 1. The topological polar surface area (TPSA) is 79.5 Å². The zero-order valence-corrected chi connectivity index (χ0v) is 12.0. The molecule has 6 heteroatoms. The van der Waals surface area contributed by atoms with Crippen molar-refractivity contribution in [2.45, 2.75) is 57.8 Å². The first-order valence-corrected chi connectivity index (χ1v) is 6.98. The lowest BCUT2D eigenvalue weighted by molar-refractivity contribution is -0.135. The van der Waals surface area contributed by atoms with E-state index in [1.807, 2.05) is 7.05 Å². The molecule has 3 amide bonds. The third kappa shape index (κ3) is 5.57. The SMILES string of the molecule is CCNC(=O)NC(=O)C(C)OC1CCC(NC)CC1. The van der Waals surface area contributed by atoms with Gasteiger partial charge < -0.3 is 15.4 Å². The monoisotopic (exact) mass is 271 g/mol. The van der Waals surface area contributed by atoms with Crippen molar-refractivity contribution in [1.82, 2.24) is 16.0 Å². The minimum atomic E-state index is -0.598. The van der Waals surface area contributed by atoms with Crippen LogP contribution in [0.25, 0.3) is 0 Å². The zero-order valence-electron chi connectivity index (χ0n) is 12.0. The average molecular weight is 271 g/mol. The Hall–Kier alpha value is -1.14. The molecule has 0 aromatic rings. The molecule has 1 fully saturated rings. The van der Waals surface area contributed by atoms with Crippen molar-refractivity contribution in [3.63, 3.8) is 0 Å².